The summed E-state index contributed by atoms with van der Waals surface area (Å²) in [5.41, 5.74) is 0.827. The third kappa shape index (κ3) is 4.30. The largest absolute Gasteiger partial charge is 0.490 e. The van der Waals surface area contributed by atoms with Crippen LogP contribution >= 0.6 is 23.4 Å². The highest BCUT2D eigenvalue weighted by Crippen LogP contribution is 2.26. The number of carboxylic acid groups (broad SMARTS) is 1. The quantitative estimate of drug-likeness (QED) is 0.832. The summed E-state index contributed by atoms with van der Waals surface area (Å²) in [7, 11) is 0. The smallest absolute Gasteiger partial charge is 0.358 e. The van der Waals surface area contributed by atoms with Gasteiger partial charge in [0.2, 0.25) is 0 Å². The van der Waals surface area contributed by atoms with Gasteiger partial charge in [-0.25, -0.2) is 4.79 Å². The molecule has 0 saturated carbocycles. The van der Waals surface area contributed by atoms with E-state index in [1.165, 1.54) is 6.07 Å². The lowest BCUT2D eigenvalue weighted by atomic mass is 10.2. The average molecular weight is 366 g/mol. The summed E-state index contributed by atoms with van der Waals surface area (Å²) < 4.78 is 5.96. The summed E-state index contributed by atoms with van der Waals surface area (Å²) in [6, 6.07) is 8.81. The van der Waals surface area contributed by atoms with Gasteiger partial charge in [-0.05, 0) is 48.6 Å². The van der Waals surface area contributed by atoms with Crippen molar-refractivity contribution in [3.8, 4) is 5.75 Å². The number of hydrogen-bond acceptors (Lipinski definition) is 6. The fraction of sp³-hybridized carbons (Fsp3) is 0.312. The molecule has 6 nitrogen and oxygen atoms in total. The highest BCUT2D eigenvalue weighted by molar-refractivity contribution is 7.99. The van der Waals surface area contributed by atoms with Crippen molar-refractivity contribution < 1.29 is 14.6 Å². The van der Waals surface area contributed by atoms with Gasteiger partial charge in [-0.3, -0.25) is 0 Å². The lowest BCUT2D eigenvalue weighted by Crippen LogP contribution is -2.21. The summed E-state index contributed by atoms with van der Waals surface area (Å²) in [5.74, 6) is 1.91. The fourth-order valence-electron chi connectivity index (χ4n) is 2.38. The van der Waals surface area contributed by atoms with E-state index in [-0.39, 0.29) is 17.0 Å². The third-order valence-electron chi connectivity index (χ3n) is 3.57. The molecule has 8 heteroatoms. The number of carboxylic acids is 1. The maximum Gasteiger partial charge on any atom is 0.358 e. The predicted molar refractivity (Wildman–Crippen MR) is 94.7 cm³/mol. The van der Waals surface area contributed by atoms with E-state index in [9.17, 15) is 4.79 Å². The first kappa shape index (κ1) is 16.9. The van der Waals surface area contributed by atoms with Crippen molar-refractivity contribution in [1.29, 1.82) is 0 Å². The molecule has 1 aromatic heterocycles. The Kier molecular flexibility index (Phi) is 5.42. The zero-order valence-electron chi connectivity index (χ0n) is 12.7. The Balaban J connectivity index is 1.70. The van der Waals surface area contributed by atoms with Gasteiger partial charge in [0.25, 0.3) is 0 Å². The Hall–Kier alpha value is -1.99. The second-order valence-electron chi connectivity index (χ2n) is 5.31. The van der Waals surface area contributed by atoms with E-state index in [2.05, 4.69) is 15.5 Å². The lowest BCUT2D eigenvalue weighted by Gasteiger charge is -2.22. The SMILES string of the molecule is O=C(O)c1nnc(Cl)cc1Nc1ccc(OC2CCSCC2)cc1. The fourth-order valence-corrected chi connectivity index (χ4v) is 3.59. The van der Waals surface area contributed by atoms with Crippen LogP contribution in [0.5, 0.6) is 5.75 Å². The summed E-state index contributed by atoms with van der Waals surface area (Å²) in [4.78, 5) is 11.2. The molecular weight excluding hydrogens is 350 g/mol. The Morgan fingerprint density at radius 3 is 2.62 bits per heavy atom. The molecule has 0 aliphatic carbocycles. The first-order chi connectivity index (χ1) is 11.6. The molecule has 2 N–H and O–H groups in total. The van der Waals surface area contributed by atoms with Crippen LogP contribution in [0.25, 0.3) is 0 Å². The summed E-state index contributed by atoms with van der Waals surface area (Å²) in [6.07, 6.45) is 2.40. The predicted octanol–water partition coefficient (Wildman–Crippen LogP) is 3.85. The second-order valence-corrected chi connectivity index (χ2v) is 6.93. The van der Waals surface area contributed by atoms with Crippen molar-refractivity contribution in [1.82, 2.24) is 10.2 Å². The molecule has 1 aliphatic rings. The molecule has 1 saturated heterocycles. The monoisotopic (exact) mass is 365 g/mol. The van der Waals surface area contributed by atoms with Crippen LogP contribution in [0.1, 0.15) is 23.3 Å². The number of nitrogens with zero attached hydrogens (tertiary/aromatic N) is 2. The number of nitrogens with one attached hydrogen (secondary N) is 1. The molecule has 1 fully saturated rings. The molecule has 0 radical (unpaired) electrons. The molecule has 2 heterocycles. The van der Waals surface area contributed by atoms with Crippen molar-refractivity contribution in [2.24, 2.45) is 0 Å². The Bertz CT molecular complexity index is 721. The van der Waals surface area contributed by atoms with Crippen LogP contribution in [0, 0.1) is 0 Å². The van der Waals surface area contributed by atoms with E-state index in [4.69, 9.17) is 21.4 Å². The number of rotatable bonds is 5. The third-order valence-corrected chi connectivity index (χ3v) is 4.80. The normalized spacial score (nSPS) is 15.0. The summed E-state index contributed by atoms with van der Waals surface area (Å²) >= 11 is 7.75. The molecule has 1 aliphatic heterocycles. The molecule has 3 rings (SSSR count). The zero-order valence-corrected chi connectivity index (χ0v) is 14.3. The van der Waals surface area contributed by atoms with Crippen LogP contribution in [-0.2, 0) is 0 Å². The number of ether oxygens (including phenoxy) is 1. The van der Waals surface area contributed by atoms with Gasteiger partial charge in [0.05, 0.1) is 5.69 Å². The van der Waals surface area contributed by atoms with Gasteiger partial charge in [0.1, 0.15) is 11.9 Å². The Morgan fingerprint density at radius 1 is 1.25 bits per heavy atom. The van der Waals surface area contributed by atoms with Crippen molar-refractivity contribution in [3.05, 3.63) is 41.2 Å². The number of anilines is 2. The van der Waals surface area contributed by atoms with Gasteiger partial charge in [-0.15, -0.1) is 10.2 Å². The molecule has 126 valence electrons. The molecule has 0 bridgehead atoms. The topological polar surface area (TPSA) is 84.3 Å². The zero-order chi connectivity index (χ0) is 16.9. The van der Waals surface area contributed by atoms with E-state index in [0.29, 0.717) is 11.4 Å². The van der Waals surface area contributed by atoms with Gasteiger partial charge in [-0.1, -0.05) is 11.6 Å². The molecule has 2 aromatic rings. The lowest BCUT2D eigenvalue weighted by molar-refractivity contribution is 0.0690. The van der Waals surface area contributed by atoms with Crippen LogP contribution in [0.15, 0.2) is 30.3 Å². The number of halogens is 1. The van der Waals surface area contributed by atoms with E-state index >= 15 is 0 Å². The molecular formula is C16H16ClN3O3S. The summed E-state index contributed by atoms with van der Waals surface area (Å²) in [5, 5.41) is 19.4. The van der Waals surface area contributed by atoms with E-state index in [0.717, 1.165) is 30.1 Å². The van der Waals surface area contributed by atoms with E-state index < -0.39 is 5.97 Å². The Morgan fingerprint density at radius 2 is 1.96 bits per heavy atom. The average Bonchev–Trinajstić information content (AvgIpc) is 2.57. The van der Waals surface area contributed by atoms with Gasteiger partial charge < -0.3 is 15.2 Å². The standard InChI is InChI=1S/C16H16ClN3O3S/c17-14-9-13(15(16(21)22)20-19-14)18-10-1-3-11(4-2-10)23-12-5-7-24-8-6-12/h1-4,9,12H,5-8H2,(H,18,19)(H,21,22). The molecule has 0 amide bonds. The number of thioether (sulfide) groups is 1. The van der Waals surface area contributed by atoms with Crippen LogP contribution in [0.3, 0.4) is 0 Å². The molecule has 24 heavy (non-hydrogen) atoms. The van der Waals surface area contributed by atoms with Crippen LogP contribution in [0.2, 0.25) is 5.15 Å². The second kappa shape index (κ2) is 7.72. The molecule has 0 spiro atoms. The molecule has 0 atom stereocenters. The van der Waals surface area contributed by atoms with Gasteiger partial charge in [0.15, 0.2) is 10.8 Å². The highest BCUT2D eigenvalue weighted by atomic mass is 35.5. The van der Waals surface area contributed by atoms with Crippen molar-refractivity contribution >= 4 is 40.7 Å². The first-order valence-corrected chi connectivity index (χ1v) is 9.03. The number of hydrogen-bond donors (Lipinski definition) is 2. The highest BCUT2D eigenvalue weighted by Gasteiger charge is 2.16. The number of carbonyl (C=O) groups is 1. The van der Waals surface area contributed by atoms with Crippen LogP contribution in [0.4, 0.5) is 11.4 Å². The minimum absolute atomic E-state index is 0.123. The van der Waals surface area contributed by atoms with E-state index in [1.807, 2.05) is 36.0 Å². The molecule has 0 unspecified atom stereocenters. The van der Waals surface area contributed by atoms with Gasteiger partial charge >= 0.3 is 5.97 Å². The first-order valence-electron chi connectivity index (χ1n) is 7.50. The van der Waals surface area contributed by atoms with Crippen LogP contribution in [-0.4, -0.2) is 38.9 Å². The van der Waals surface area contributed by atoms with E-state index in [1.54, 1.807) is 0 Å². The number of aromatic carboxylic acids is 1. The maximum atomic E-state index is 11.2. The van der Waals surface area contributed by atoms with Crippen molar-refractivity contribution in [2.45, 2.75) is 18.9 Å². The minimum atomic E-state index is -1.17. The number of aromatic nitrogens is 2. The molecule has 1 aromatic carbocycles. The minimum Gasteiger partial charge on any atom is -0.490 e. The van der Waals surface area contributed by atoms with Gasteiger partial charge in [0, 0.05) is 11.8 Å². The van der Waals surface area contributed by atoms with Crippen molar-refractivity contribution in [3.63, 3.8) is 0 Å². The van der Waals surface area contributed by atoms with Crippen molar-refractivity contribution in [2.75, 3.05) is 16.8 Å². The van der Waals surface area contributed by atoms with Gasteiger partial charge in [-0.2, -0.15) is 11.8 Å². The maximum absolute atomic E-state index is 11.2. The Labute approximate surface area is 148 Å². The summed E-state index contributed by atoms with van der Waals surface area (Å²) in [6.45, 7) is 0. The number of benzene rings is 1. The van der Waals surface area contributed by atoms with Crippen LogP contribution < -0.4 is 10.1 Å².